The van der Waals surface area contributed by atoms with Crippen LogP contribution in [0, 0.1) is 11.6 Å². The molecule has 0 aliphatic heterocycles. The number of hydrogen-bond donors (Lipinski definition) is 2. The molecule has 21 heavy (non-hydrogen) atoms. The molecule has 0 bridgehead atoms. The van der Waals surface area contributed by atoms with Crippen LogP contribution in [0.2, 0.25) is 0 Å². The highest BCUT2D eigenvalue weighted by Gasteiger charge is 2.18. The number of amides is 1. The smallest absolute Gasteiger partial charge is 0.261 e. The van der Waals surface area contributed by atoms with E-state index in [1.165, 1.54) is 13.2 Å². The van der Waals surface area contributed by atoms with Gasteiger partial charge in [-0.15, -0.1) is 0 Å². The molecule has 2 aromatic rings. The van der Waals surface area contributed by atoms with Crippen molar-refractivity contribution >= 4 is 11.6 Å². The standard InChI is InChI=1S/C15H14F2N2O2/c1-21-13-7-9(8-18)5-6-12(13)19-15(20)14-10(16)3-2-4-11(14)17/h2-7H,8,18H2,1H3,(H,19,20). The van der Waals surface area contributed by atoms with Crippen LogP contribution < -0.4 is 15.8 Å². The molecule has 0 atom stereocenters. The SMILES string of the molecule is COc1cc(CN)ccc1NC(=O)c1c(F)cccc1F. The highest BCUT2D eigenvalue weighted by Crippen LogP contribution is 2.26. The van der Waals surface area contributed by atoms with E-state index in [9.17, 15) is 13.6 Å². The second-order valence-corrected chi connectivity index (χ2v) is 4.29. The van der Waals surface area contributed by atoms with Gasteiger partial charge in [-0.3, -0.25) is 4.79 Å². The fraction of sp³-hybridized carbons (Fsp3) is 0.133. The van der Waals surface area contributed by atoms with Crippen LogP contribution in [0.5, 0.6) is 5.75 Å². The maximum Gasteiger partial charge on any atom is 0.261 e. The van der Waals surface area contributed by atoms with Crippen molar-refractivity contribution in [3.8, 4) is 5.75 Å². The summed E-state index contributed by atoms with van der Waals surface area (Å²) in [6.45, 7) is 0.312. The molecule has 3 N–H and O–H groups in total. The minimum absolute atomic E-state index is 0.308. The van der Waals surface area contributed by atoms with E-state index >= 15 is 0 Å². The molecule has 0 fully saturated rings. The van der Waals surface area contributed by atoms with Crippen LogP contribution in [0.3, 0.4) is 0 Å². The molecule has 4 nitrogen and oxygen atoms in total. The van der Waals surface area contributed by atoms with Crippen molar-refractivity contribution in [3.05, 3.63) is 59.2 Å². The minimum atomic E-state index is -0.926. The van der Waals surface area contributed by atoms with Gasteiger partial charge in [0.2, 0.25) is 0 Å². The van der Waals surface area contributed by atoms with Gasteiger partial charge < -0.3 is 15.8 Å². The monoisotopic (exact) mass is 292 g/mol. The summed E-state index contributed by atoms with van der Waals surface area (Å²) in [5.74, 6) is -2.37. The van der Waals surface area contributed by atoms with Crippen LogP contribution in [0.1, 0.15) is 15.9 Å². The zero-order valence-corrected chi connectivity index (χ0v) is 11.3. The van der Waals surface area contributed by atoms with Gasteiger partial charge in [0.15, 0.2) is 0 Å². The number of methoxy groups -OCH3 is 1. The molecular formula is C15H14F2N2O2. The van der Waals surface area contributed by atoms with E-state index in [0.717, 1.165) is 17.7 Å². The van der Waals surface area contributed by atoms with Gasteiger partial charge in [0, 0.05) is 6.54 Å². The Morgan fingerprint density at radius 1 is 1.24 bits per heavy atom. The second-order valence-electron chi connectivity index (χ2n) is 4.29. The zero-order chi connectivity index (χ0) is 15.4. The predicted octanol–water partition coefficient (Wildman–Crippen LogP) is 2.68. The topological polar surface area (TPSA) is 64.3 Å². The molecule has 1 amide bonds. The van der Waals surface area contributed by atoms with Crippen molar-refractivity contribution in [1.82, 2.24) is 0 Å². The van der Waals surface area contributed by atoms with Crippen LogP contribution in [0.25, 0.3) is 0 Å². The highest BCUT2D eigenvalue weighted by molar-refractivity contribution is 6.05. The first kappa shape index (κ1) is 14.9. The van der Waals surface area contributed by atoms with Gasteiger partial charge in [-0.2, -0.15) is 0 Å². The van der Waals surface area contributed by atoms with Gasteiger partial charge in [-0.25, -0.2) is 8.78 Å². The van der Waals surface area contributed by atoms with Gasteiger partial charge in [0.05, 0.1) is 12.8 Å². The van der Waals surface area contributed by atoms with Gasteiger partial charge >= 0.3 is 0 Å². The van der Waals surface area contributed by atoms with Gasteiger partial charge in [-0.1, -0.05) is 12.1 Å². The van der Waals surface area contributed by atoms with Gasteiger partial charge in [0.25, 0.3) is 5.91 Å². The summed E-state index contributed by atoms with van der Waals surface area (Å²) in [5, 5.41) is 2.43. The van der Waals surface area contributed by atoms with Crippen molar-refractivity contribution in [2.75, 3.05) is 12.4 Å². The molecule has 2 aromatic carbocycles. The Bertz CT molecular complexity index is 654. The fourth-order valence-electron chi connectivity index (χ4n) is 1.87. The van der Waals surface area contributed by atoms with Crippen LogP contribution in [0.4, 0.5) is 14.5 Å². The van der Waals surface area contributed by atoms with E-state index in [0.29, 0.717) is 18.0 Å². The lowest BCUT2D eigenvalue weighted by Crippen LogP contribution is -2.16. The Hall–Kier alpha value is -2.47. The van der Waals surface area contributed by atoms with Crippen LogP contribution in [-0.4, -0.2) is 13.0 Å². The van der Waals surface area contributed by atoms with E-state index in [2.05, 4.69) is 5.32 Å². The first-order valence-electron chi connectivity index (χ1n) is 6.19. The van der Waals surface area contributed by atoms with E-state index in [-0.39, 0.29) is 0 Å². The molecule has 110 valence electrons. The van der Waals surface area contributed by atoms with Crippen molar-refractivity contribution < 1.29 is 18.3 Å². The van der Waals surface area contributed by atoms with E-state index in [1.807, 2.05) is 0 Å². The molecule has 2 rings (SSSR count). The summed E-state index contributed by atoms with van der Waals surface area (Å²) in [5.41, 5.74) is 5.99. The number of carbonyl (C=O) groups excluding carboxylic acids is 1. The maximum absolute atomic E-state index is 13.6. The molecular weight excluding hydrogens is 278 g/mol. The Balaban J connectivity index is 2.32. The average Bonchev–Trinajstić information content (AvgIpc) is 2.47. The quantitative estimate of drug-likeness (QED) is 0.910. The molecule has 0 aliphatic carbocycles. The zero-order valence-electron chi connectivity index (χ0n) is 11.3. The molecule has 0 unspecified atom stereocenters. The maximum atomic E-state index is 13.6. The van der Waals surface area contributed by atoms with E-state index in [1.54, 1.807) is 18.2 Å². The summed E-state index contributed by atoms with van der Waals surface area (Å²) in [6, 6.07) is 8.14. The first-order valence-corrected chi connectivity index (χ1v) is 6.19. The van der Waals surface area contributed by atoms with Crippen molar-refractivity contribution in [2.24, 2.45) is 5.73 Å². The lowest BCUT2D eigenvalue weighted by Gasteiger charge is -2.12. The number of nitrogens with two attached hydrogens (primary N) is 1. The molecule has 0 saturated heterocycles. The number of benzene rings is 2. The summed E-state index contributed by atoms with van der Waals surface area (Å²) in [7, 11) is 1.43. The average molecular weight is 292 g/mol. The molecule has 0 spiro atoms. The molecule has 0 saturated carbocycles. The normalized spacial score (nSPS) is 10.3. The van der Waals surface area contributed by atoms with Crippen LogP contribution in [0.15, 0.2) is 36.4 Å². The Kier molecular flexibility index (Phi) is 4.49. The number of halogens is 2. The third kappa shape index (κ3) is 3.17. The van der Waals surface area contributed by atoms with Gasteiger partial charge in [0.1, 0.15) is 22.9 Å². The number of ether oxygens (including phenoxy) is 1. The molecule has 0 aromatic heterocycles. The minimum Gasteiger partial charge on any atom is -0.495 e. The van der Waals surface area contributed by atoms with Crippen molar-refractivity contribution in [3.63, 3.8) is 0 Å². The van der Waals surface area contributed by atoms with E-state index < -0.39 is 23.1 Å². The molecule has 0 aliphatic rings. The summed E-state index contributed by atoms with van der Waals surface area (Å²) in [4.78, 5) is 12.0. The molecule has 6 heteroatoms. The fourth-order valence-corrected chi connectivity index (χ4v) is 1.87. The van der Waals surface area contributed by atoms with Crippen molar-refractivity contribution in [2.45, 2.75) is 6.54 Å². The van der Waals surface area contributed by atoms with Gasteiger partial charge in [-0.05, 0) is 29.8 Å². The predicted molar refractivity (Wildman–Crippen MR) is 75.2 cm³/mol. The highest BCUT2D eigenvalue weighted by atomic mass is 19.1. The number of nitrogens with one attached hydrogen (secondary N) is 1. The van der Waals surface area contributed by atoms with Crippen LogP contribution >= 0.6 is 0 Å². The summed E-state index contributed by atoms with van der Waals surface area (Å²) < 4.78 is 32.2. The Labute approximate surface area is 120 Å². The summed E-state index contributed by atoms with van der Waals surface area (Å²) in [6.07, 6.45) is 0. The lowest BCUT2D eigenvalue weighted by molar-refractivity contribution is 0.101. The number of hydrogen-bond acceptors (Lipinski definition) is 3. The number of rotatable bonds is 4. The summed E-state index contributed by atoms with van der Waals surface area (Å²) >= 11 is 0. The van der Waals surface area contributed by atoms with Crippen LogP contribution in [-0.2, 0) is 6.54 Å². The Morgan fingerprint density at radius 3 is 2.48 bits per heavy atom. The first-order chi connectivity index (χ1) is 10.1. The molecule has 0 heterocycles. The third-order valence-electron chi connectivity index (χ3n) is 2.94. The number of carbonyl (C=O) groups is 1. The third-order valence-corrected chi connectivity index (χ3v) is 2.94. The Morgan fingerprint density at radius 2 is 1.90 bits per heavy atom. The van der Waals surface area contributed by atoms with Crippen molar-refractivity contribution in [1.29, 1.82) is 0 Å². The number of anilines is 1. The largest absolute Gasteiger partial charge is 0.495 e. The lowest BCUT2D eigenvalue weighted by atomic mass is 10.1. The second kappa shape index (κ2) is 6.32. The molecule has 0 radical (unpaired) electrons. The van der Waals surface area contributed by atoms with E-state index in [4.69, 9.17) is 10.5 Å².